The molecule has 1 aromatic rings. The number of nitrogens with one attached hydrogen (secondary N) is 1. The molecule has 3 heteroatoms. The van der Waals surface area contributed by atoms with E-state index >= 15 is 0 Å². The average molecular weight is 225 g/mol. The van der Waals surface area contributed by atoms with E-state index in [1.54, 1.807) is 7.11 Å². The first kappa shape index (κ1) is 13.3. The molecule has 3 nitrogen and oxygen atoms in total. The summed E-state index contributed by atoms with van der Waals surface area (Å²) in [5.41, 5.74) is 0. The van der Waals surface area contributed by atoms with Gasteiger partial charge in [0.15, 0.2) is 0 Å². The van der Waals surface area contributed by atoms with E-state index < -0.39 is 0 Å². The lowest BCUT2D eigenvalue weighted by atomic mass is 10.2. The minimum atomic E-state index is 0.153. The van der Waals surface area contributed by atoms with Crippen molar-refractivity contribution in [1.29, 1.82) is 0 Å². The number of rotatable bonds is 7. The second kappa shape index (κ2) is 6.71. The van der Waals surface area contributed by atoms with E-state index in [0.717, 1.165) is 24.4 Å². The van der Waals surface area contributed by atoms with Gasteiger partial charge in [-0.15, -0.1) is 0 Å². The van der Waals surface area contributed by atoms with Gasteiger partial charge in [0.05, 0.1) is 12.6 Å². The standard InChI is InChI=1S/C13H23NO2/c1-5-10(3)14-12(9-15-4)13-8-7-11(6-2)16-13/h7-8,10,12,14H,5-6,9H2,1-4H3. The lowest BCUT2D eigenvalue weighted by molar-refractivity contribution is 0.150. The van der Waals surface area contributed by atoms with E-state index in [-0.39, 0.29) is 6.04 Å². The molecule has 0 radical (unpaired) electrons. The number of ether oxygens (including phenoxy) is 1. The summed E-state index contributed by atoms with van der Waals surface area (Å²) < 4.78 is 11.0. The first-order valence-corrected chi connectivity index (χ1v) is 6.04. The number of furan rings is 1. The van der Waals surface area contributed by atoms with Crippen molar-refractivity contribution >= 4 is 0 Å². The van der Waals surface area contributed by atoms with Crippen molar-refractivity contribution in [1.82, 2.24) is 5.32 Å². The molecule has 92 valence electrons. The molecular weight excluding hydrogens is 202 g/mol. The predicted octanol–water partition coefficient (Wildman–Crippen LogP) is 2.92. The molecule has 0 amide bonds. The molecule has 2 unspecified atom stereocenters. The minimum Gasteiger partial charge on any atom is -0.464 e. The molecule has 0 fully saturated rings. The molecule has 0 saturated carbocycles. The third-order valence-corrected chi connectivity index (χ3v) is 2.81. The van der Waals surface area contributed by atoms with E-state index in [0.29, 0.717) is 12.6 Å². The van der Waals surface area contributed by atoms with E-state index in [4.69, 9.17) is 9.15 Å². The van der Waals surface area contributed by atoms with Crippen LogP contribution in [-0.2, 0) is 11.2 Å². The fourth-order valence-electron chi connectivity index (χ4n) is 1.61. The summed E-state index contributed by atoms with van der Waals surface area (Å²) in [6, 6.07) is 4.70. The maximum atomic E-state index is 5.75. The summed E-state index contributed by atoms with van der Waals surface area (Å²) in [7, 11) is 1.72. The van der Waals surface area contributed by atoms with Gasteiger partial charge in [-0.3, -0.25) is 0 Å². The first-order chi connectivity index (χ1) is 7.71. The number of methoxy groups -OCH3 is 1. The van der Waals surface area contributed by atoms with Crippen LogP contribution in [-0.4, -0.2) is 19.8 Å². The Labute approximate surface area is 98.2 Å². The van der Waals surface area contributed by atoms with E-state index in [9.17, 15) is 0 Å². The van der Waals surface area contributed by atoms with Crippen LogP contribution in [0.3, 0.4) is 0 Å². The van der Waals surface area contributed by atoms with Gasteiger partial charge < -0.3 is 14.5 Å². The highest BCUT2D eigenvalue weighted by molar-refractivity contribution is 5.11. The molecule has 1 aromatic heterocycles. The van der Waals surface area contributed by atoms with Gasteiger partial charge in [-0.2, -0.15) is 0 Å². The SMILES string of the molecule is CCc1ccc(C(COC)NC(C)CC)o1. The topological polar surface area (TPSA) is 34.4 Å². The van der Waals surface area contributed by atoms with Crippen LogP contribution < -0.4 is 5.32 Å². The van der Waals surface area contributed by atoms with E-state index in [1.807, 2.05) is 12.1 Å². The molecule has 0 spiro atoms. The highest BCUT2D eigenvalue weighted by atomic mass is 16.5. The zero-order valence-corrected chi connectivity index (χ0v) is 10.7. The van der Waals surface area contributed by atoms with Crippen LogP contribution in [0.2, 0.25) is 0 Å². The maximum absolute atomic E-state index is 5.75. The zero-order chi connectivity index (χ0) is 12.0. The van der Waals surface area contributed by atoms with Gasteiger partial charge in [-0.25, -0.2) is 0 Å². The Bertz CT molecular complexity index is 296. The molecule has 0 aliphatic rings. The molecule has 1 rings (SSSR count). The highest BCUT2D eigenvalue weighted by Crippen LogP contribution is 2.18. The Balaban J connectivity index is 2.68. The van der Waals surface area contributed by atoms with Crippen molar-refractivity contribution in [2.75, 3.05) is 13.7 Å². The fourth-order valence-corrected chi connectivity index (χ4v) is 1.61. The zero-order valence-electron chi connectivity index (χ0n) is 10.7. The maximum Gasteiger partial charge on any atom is 0.123 e. The van der Waals surface area contributed by atoms with E-state index in [2.05, 4.69) is 26.1 Å². The van der Waals surface area contributed by atoms with Crippen molar-refractivity contribution < 1.29 is 9.15 Å². The normalized spacial score (nSPS) is 15.0. The quantitative estimate of drug-likeness (QED) is 0.774. The molecule has 0 aromatic carbocycles. The molecular formula is C13H23NO2. The van der Waals surface area contributed by atoms with Crippen molar-refractivity contribution in [2.45, 2.75) is 45.7 Å². The van der Waals surface area contributed by atoms with Crippen molar-refractivity contribution in [3.63, 3.8) is 0 Å². The van der Waals surface area contributed by atoms with Crippen LogP contribution in [0.4, 0.5) is 0 Å². The Kier molecular flexibility index (Phi) is 5.56. The lowest BCUT2D eigenvalue weighted by Crippen LogP contribution is -2.32. The minimum absolute atomic E-state index is 0.153. The summed E-state index contributed by atoms with van der Waals surface area (Å²) in [4.78, 5) is 0. The van der Waals surface area contributed by atoms with Gasteiger partial charge in [0, 0.05) is 19.6 Å². The number of hydrogen-bond donors (Lipinski definition) is 1. The van der Waals surface area contributed by atoms with Crippen molar-refractivity contribution in [3.8, 4) is 0 Å². The molecule has 0 saturated heterocycles. The summed E-state index contributed by atoms with van der Waals surface area (Å²) in [5.74, 6) is 2.00. The van der Waals surface area contributed by atoms with Crippen LogP contribution in [0.15, 0.2) is 16.5 Å². The highest BCUT2D eigenvalue weighted by Gasteiger charge is 2.16. The largest absolute Gasteiger partial charge is 0.464 e. The number of hydrogen-bond acceptors (Lipinski definition) is 3. The van der Waals surface area contributed by atoms with Crippen LogP contribution in [0.25, 0.3) is 0 Å². The van der Waals surface area contributed by atoms with Crippen molar-refractivity contribution in [2.24, 2.45) is 0 Å². The molecule has 0 aliphatic carbocycles. The monoisotopic (exact) mass is 225 g/mol. The second-order valence-corrected chi connectivity index (χ2v) is 4.14. The molecule has 16 heavy (non-hydrogen) atoms. The van der Waals surface area contributed by atoms with Gasteiger partial charge in [0.25, 0.3) is 0 Å². The molecule has 0 bridgehead atoms. The first-order valence-electron chi connectivity index (χ1n) is 6.04. The fraction of sp³-hybridized carbons (Fsp3) is 0.692. The lowest BCUT2D eigenvalue weighted by Gasteiger charge is -2.20. The third-order valence-electron chi connectivity index (χ3n) is 2.81. The predicted molar refractivity (Wildman–Crippen MR) is 65.6 cm³/mol. The van der Waals surface area contributed by atoms with Crippen LogP contribution in [0.5, 0.6) is 0 Å². The van der Waals surface area contributed by atoms with Gasteiger partial charge >= 0.3 is 0 Å². The van der Waals surface area contributed by atoms with Gasteiger partial charge in [0.2, 0.25) is 0 Å². The Morgan fingerprint density at radius 2 is 2.12 bits per heavy atom. The van der Waals surface area contributed by atoms with E-state index in [1.165, 1.54) is 0 Å². The van der Waals surface area contributed by atoms with Crippen molar-refractivity contribution in [3.05, 3.63) is 23.7 Å². The number of aryl methyl sites for hydroxylation is 1. The molecule has 0 aliphatic heterocycles. The van der Waals surface area contributed by atoms with Gasteiger partial charge in [0.1, 0.15) is 11.5 Å². The third kappa shape index (κ3) is 3.65. The smallest absolute Gasteiger partial charge is 0.123 e. The Morgan fingerprint density at radius 3 is 2.62 bits per heavy atom. The molecule has 2 atom stereocenters. The Morgan fingerprint density at radius 1 is 1.38 bits per heavy atom. The second-order valence-electron chi connectivity index (χ2n) is 4.14. The van der Waals surface area contributed by atoms with Gasteiger partial charge in [-0.05, 0) is 25.5 Å². The average Bonchev–Trinajstić information content (AvgIpc) is 2.76. The summed E-state index contributed by atoms with van der Waals surface area (Å²) >= 11 is 0. The molecule has 1 heterocycles. The summed E-state index contributed by atoms with van der Waals surface area (Å²) in [5, 5.41) is 3.50. The Hall–Kier alpha value is -0.800. The summed E-state index contributed by atoms with van der Waals surface area (Å²) in [6.07, 6.45) is 2.03. The molecule has 1 N–H and O–H groups in total. The van der Waals surface area contributed by atoms with Crippen LogP contribution in [0.1, 0.15) is 44.8 Å². The van der Waals surface area contributed by atoms with Crippen LogP contribution >= 0.6 is 0 Å². The summed E-state index contributed by atoms with van der Waals surface area (Å²) in [6.45, 7) is 7.07. The van der Waals surface area contributed by atoms with Crippen LogP contribution in [0, 0.1) is 0 Å². The van der Waals surface area contributed by atoms with Gasteiger partial charge in [-0.1, -0.05) is 13.8 Å².